The average molecular weight is 295 g/mol. The molecule has 1 aromatic heterocycles. The quantitative estimate of drug-likeness (QED) is 0.742. The Morgan fingerprint density at radius 2 is 2.19 bits per heavy atom. The molecule has 120 valence electrons. The van der Waals surface area contributed by atoms with E-state index in [1.165, 1.54) is 6.42 Å². The van der Waals surface area contributed by atoms with Gasteiger partial charge in [-0.05, 0) is 36.7 Å². The first-order chi connectivity index (χ1) is 9.84. The van der Waals surface area contributed by atoms with Gasteiger partial charge in [0.2, 0.25) is 0 Å². The van der Waals surface area contributed by atoms with Gasteiger partial charge in [0.25, 0.3) is 0 Å². The van der Waals surface area contributed by atoms with Crippen LogP contribution in [0.4, 0.5) is 0 Å². The molecule has 1 saturated carbocycles. The third-order valence-corrected chi connectivity index (χ3v) is 4.43. The van der Waals surface area contributed by atoms with Gasteiger partial charge in [0.05, 0.1) is 19.3 Å². The van der Waals surface area contributed by atoms with Gasteiger partial charge < -0.3 is 15.5 Å². The first-order valence-electron chi connectivity index (χ1n) is 7.86. The van der Waals surface area contributed by atoms with E-state index in [0.717, 1.165) is 12.8 Å². The number of hydrogen-bond donors (Lipinski definition) is 3. The fraction of sp³-hybridized carbons (Fsp3) is 0.812. The van der Waals surface area contributed by atoms with Gasteiger partial charge in [-0.1, -0.05) is 20.8 Å². The summed E-state index contributed by atoms with van der Waals surface area (Å²) >= 11 is 0. The van der Waals surface area contributed by atoms with Crippen LogP contribution in [0.25, 0.3) is 0 Å². The van der Waals surface area contributed by atoms with Crippen LogP contribution in [0.2, 0.25) is 0 Å². The zero-order valence-electron chi connectivity index (χ0n) is 13.4. The molecule has 0 aliphatic heterocycles. The normalized spacial score (nSPS) is 30.2. The Kier molecular flexibility index (Phi) is 5.07. The first-order valence-corrected chi connectivity index (χ1v) is 7.86. The summed E-state index contributed by atoms with van der Waals surface area (Å²) in [5.41, 5.74) is -0.0490. The number of aliphatic hydroxyl groups excluding tert-OH is 2. The van der Waals surface area contributed by atoms with Crippen molar-refractivity contribution in [3.05, 3.63) is 18.5 Å². The van der Waals surface area contributed by atoms with E-state index in [0.29, 0.717) is 19.0 Å². The highest BCUT2D eigenvalue weighted by Crippen LogP contribution is 2.43. The average Bonchev–Trinajstić information content (AvgIpc) is 2.87. The molecule has 5 nitrogen and oxygen atoms in total. The highest BCUT2D eigenvalue weighted by atomic mass is 16.3. The Balaban J connectivity index is 1.92. The lowest BCUT2D eigenvalue weighted by atomic mass is 9.64. The number of hydrogen-bond acceptors (Lipinski definition) is 4. The van der Waals surface area contributed by atoms with Crippen molar-refractivity contribution in [1.29, 1.82) is 0 Å². The lowest BCUT2D eigenvalue weighted by Crippen LogP contribution is -2.57. The third kappa shape index (κ3) is 4.53. The maximum Gasteiger partial charge on any atom is 0.0860 e. The number of aromatic nitrogens is 2. The molecule has 1 aromatic rings. The second kappa shape index (κ2) is 6.46. The Morgan fingerprint density at radius 1 is 1.43 bits per heavy atom. The molecule has 2 rings (SSSR count). The lowest BCUT2D eigenvalue weighted by molar-refractivity contribution is 0.0249. The van der Waals surface area contributed by atoms with Crippen molar-refractivity contribution in [3.63, 3.8) is 0 Å². The number of nitrogens with zero attached hydrogens (tertiary/aromatic N) is 2. The molecule has 3 atom stereocenters. The largest absolute Gasteiger partial charge is 0.394 e. The summed E-state index contributed by atoms with van der Waals surface area (Å²) in [7, 11) is 0. The Labute approximate surface area is 127 Å². The van der Waals surface area contributed by atoms with Gasteiger partial charge in [-0.15, -0.1) is 0 Å². The van der Waals surface area contributed by atoms with Crippen molar-refractivity contribution in [2.24, 2.45) is 11.3 Å². The summed E-state index contributed by atoms with van der Waals surface area (Å²) in [6.07, 6.45) is 6.13. The van der Waals surface area contributed by atoms with E-state index in [9.17, 15) is 10.2 Å². The molecule has 0 amide bonds. The topological polar surface area (TPSA) is 70.3 Å². The van der Waals surface area contributed by atoms with E-state index >= 15 is 0 Å². The van der Waals surface area contributed by atoms with Gasteiger partial charge in [0.1, 0.15) is 0 Å². The second-order valence-corrected chi connectivity index (χ2v) is 7.56. The molecule has 0 bridgehead atoms. The van der Waals surface area contributed by atoms with Crippen LogP contribution in [0.1, 0.15) is 40.0 Å². The lowest BCUT2D eigenvalue weighted by Gasteiger charge is -2.47. The van der Waals surface area contributed by atoms with Crippen LogP contribution in [0.3, 0.4) is 0 Å². The van der Waals surface area contributed by atoms with E-state index in [-0.39, 0.29) is 17.6 Å². The van der Waals surface area contributed by atoms with Gasteiger partial charge >= 0.3 is 0 Å². The minimum absolute atomic E-state index is 0.120. The molecule has 5 heteroatoms. The number of nitrogens with one attached hydrogen (secondary N) is 1. The highest BCUT2D eigenvalue weighted by Gasteiger charge is 2.42. The molecule has 0 unspecified atom stereocenters. The maximum absolute atomic E-state index is 10.2. The fourth-order valence-corrected chi connectivity index (χ4v) is 4.08. The summed E-state index contributed by atoms with van der Waals surface area (Å²) in [6.45, 7) is 7.83. The maximum atomic E-state index is 10.2. The van der Waals surface area contributed by atoms with Gasteiger partial charge in [-0.3, -0.25) is 4.68 Å². The molecule has 0 spiro atoms. The molecule has 1 aliphatic rings. The molecule has 0 saturated heterocycles. The van der Waals surface area contributed by atoms with Crippen molar-refractivity contribution in [2.45, 2.75) is 58.2 Å². The van der Waals surface area contributed by atoms with Crippen LogP contribution < -0.4 is 5.32 Å². The number of β-amino-alcohol motifs (C(OH)–C–C–N with tert-alkyl or cyclic N) is 1. The Morgan fingerprint density at radius 3 is 2.76 bits per heavy atom. The zero-order valence-corrected chi connectivity index (χ0v) is 13.4. The van der Waals surface area contributed by atoms with E-state index in [1.807, 2.05) is 12.3 Å². The molecule has 1 fully saturated rings. The number of rotatable bonds is 6. The molecular weight excluding hydrogens is 266 g/mol. The van der Waals surface area contributed by atoms with Crippen LogP contribution in [0, 0.1) is 11.3 Å². The molecular formula is C16H29N3O2. The second-order valence-electron chi connectivity index (χ2n) is 7.56. The van der Waals surface area contributed by atoms with E-state index in [1.54, 1.807) is 10.9 Å². The summed E-state index contributed by atoms with van der Waals surface area (Å²) in [5.74, 6) is 0.580. The summed E-state index contributed by atoms with van der Waals surface area (Å²) in [6, 6.07) is 1.85. The van der Waals surface area contributed by atoms with Crippen molar-refractivity contribution < 1.29 is 10.2 Å². The van der Waals surface area contributed by atoms with Gasteiger partial charge in [-0.2, -0.15) is 5.10 Å². The van der Waals surface area contributed by atoms with Crippen LogP contribution in [0.15, 0.2) is 18.5 Å². The summed E-state index contributed by atoms with van der Waals surface area (Å²) in [4.78, 5) is 0. The van der Waals surface area contributed by atoms with Crippen LogP contribution in [0.5, 0.6) is 0 Å². The van der Waals surface area contributed by atoms with Crippen molar-refractivity contribution in [1.82, 2.24) is 15.1 Å². The van der Waals surface area contributed by atoms with E-state index < -0.39 is 6.10 Å². The molecule has 21 heavy (non-hydrogen) atoms. The molecule has 3 N–H and O–H groups in total. The SMILES string of the molecule is C[C@@H]1CC(C)(C)C[C@@](CO)(NC[C@@H](O)Cn2cccn2)C1. The number of aliphatic hydroxyl groups is 2. The van der Waals surface area contributed by atoms with Crippen LogP contribution in [-0.2, 0) is 6.54 Å². The fourth-order valence-electron chi connectivity index (χ4n) is 4.08. The first kappa shape index (κ1) is 16.5. The minimum atomic E-state index is -0.506. The van der Waals surface area contributed by atoms with Crippen molar-refractivity contribution in [3.8, 4) is 0 Å². The standard InChI is InChI=1S/C16H29N3O2/c1-13-7-15(2,3)11-16(8-13,12-20)17-9-14(21)10-19-6-4-5-18-19/h4-6,13-14,17,20-21H,7-12H2,1-3H3/t13-,14-,16+/m1/s1. The van der Waals surface area contributed by atoms with Crippen LogP contribution in [-0.4, -0.2) is 44.8 Å². The van der Waals surface area contributed by atoms with Gasteiger partial charge in [0, 0.05) is 24.5 Å². The predicted octanol–water partition coefficient (Wildman–Crippen LogP) is 1.41. The predicted molar refractivity (Wildman–Crippen MR) is 82.8 cm³/mol. The molecule has 0 radical (unpaired) electrons. The molecule has 0 aromatic carbocycles. The monoisotopic (exact) mass is 295 g/mol. The summed E-state index contributed by atoms with van der Waals surface area (Å²) < 4.78 is 1.73. The third-order valence-electron chi connectivity index (χ3n) is 4.43. The molecule has 1 aliphatic carbocycles. The van der Waals surface area contributed by atoms with Gasteiger partial charge in [-0.25, -0.2) is 0 Å². The van der Waals surface area contributed by atoms with Crippen molar-refractivity contribution >= 4 is 0 Å². The Bertz CT molecular complexity index is 433. The minimum Gasteiger partial charge on any atom is -0.394 e. The van der Waals surface area contributed by atoms with Gasteiger partial charge in [0.15, 0.2) is 0 Å². The van der Waals surface area contributed by atoms with E-state index in [4.69, 9.17) is 0 Å². The summed E-state index contributed by atoms with van der Waals surface area (Å²) in [5, 5.41) is 27.6. The Hall–Kier alpha value is -0.910. The zero-order chi connectivity index (χ0) is 15.5. The molecule has 1 heterocycles. The van der Waals surface area contributed by atoms with Crippen molar-refractivity contribution in [2.75, 3.05) is 13.2 Å². The van der Waals surface area contributed by atoms with E-state index in [2.05, 4.69) is 31.2 Å². The van der Waals surface area contributed by atoms with Crippen LogP contribution >= 0.6 is 0 Å². The smallest absolute Gasteiger partial charge is 0.0860 e. The highest BCUT2D eigenvalue weighted by molar-refractivity contribution is 4.99.